The van der Waals surface area contributed by atoms with Crippen LogP contribution in [0.5, 0.6) is 0 Å². The molecule has 136 valence electrons. The molecular formula is C19H34N4O. The molecule has 3 rings (SSSR count). The van der Waals surface area contributed by atoms with Crippen molar-refractivity contribution < 1.29 is 4.74 Å². The number of nitrogens with two attached hydrogens (primary N) is 1. The van der Waals surface area contributed by atoms with Crippen LogP contribution >= 0.6 is 0 Å². The predicted molar refractivity (Wildman–Crippen MR) is 96.7 cm³/mol. The van der Waals surface area contributed by atoms with Gasteiger partial charge in [0.15, 0.2) is 0 Å². The number of H-pyrrole nitrogens is 1. The van der Waals surface area contributed by atoms with Crippen LogP contribution in [0.3, 0.4) is 0 Å². The third-order valence-electron chi connectivity index (χ3n) is 5.84. The van der Waals surface area contributed by atoms with E-state index in [1.165, 1.54) is 43.4 Å². The van der Waals surface area contributed by atoms with Crippen LogP contribution in [0.25, 0.3) is 0 Å². The van der Waals surface area contributed by atoms with E-state index in [9.17, 15) is 0 Å². The van der Waals surface area contributed by atoms with E-state index in [0.29, 0.717) is 12.0 Å². The monoisotopic (exact) mass is 334 g/mol. The highest BCUT2D eigenvalue weighted by atomic mass is 16.5. The second kappa shape index (κ2) is 7.14. The first-order valence-corrected chi connectivity index (χ1v) is 9.45. The minimum atomic E-state index is 0.179. The SMILES string of the molecule is CN(CCN)Cc1cn[nH]c1CC1CCC2(CC1)CC(C)(C)CO2. The van der Waals surface area contributed by atoms with Gasteiger partial charge in [0.05, 0.1) is 18.4 Å². The van der Waals surface area contributed by atoms with Crippen LogP contribution in [0.15, 0.2) is 6.20 Å². The summed E-state index contributed by atoms with van der Waals surface area (Å²) in [6.07, 6.45) is 9.31. The average molecular weight is 335 g/mol. The van der Waals surface area contributed by atoms with Crippen molar-refractivity contribution in [2.75, 3.05) is 26.7 Å². The minimum absolute atomic E-state index is 0.179. The first kappa shape index (κ1) is 17.9. The number of rotatable bonds is 6. The summed E-state index contributed by atoms with van der Waals surface area (Å²) < 4.78 is 6.24. The molecule has 0 atom stereocenters. The van der Waals surface area contributed by atoms with Gasteiger partial charge in [-0.25, -0.2) is 0 Å². The van der Waals surface area contributed by atoms with Crippen molar-refractivity contribution in [2.45, 2.75) is 64.5 Å². The molecule has 5 nitrogen and oxygen atoms in total. The highest BCUT2D eigenvalue weighted by Gasteiger charge is 2.46. The number of nitrogens with one attached hydrogen (secondary N) is 1. The lowest BCUT2D eigenvalue weighted by atomic mass is 9.72. The molecule has 5 heteroatoms. The fourth-order valence-corrected chi connectivity index (χ4v) is 4.58. The van der Waals surface area contributed by atoms with Crippen molar-refractivity contribution in [1.82, 2.24) is 15.1 Å². The topological polar surface area (TPSA) is 67.2 Å². The van der Waals surface area contributed by atoms with Gasteiger partial charge in [0.2, 0.25) is 0 Å². The Labute approximate surface area is 146 Å². The molecule has 24 heavy (non-hydrogen) atoms. The van der Waals surface area contributed by atoms with Gasteiger partial charge in [0, 0.05) is 30.9 Å². The van der Waals surface area contributed by atoms with Crippen LogP contribution < -0.4 is 5.73 Å². The number of aromatic nitrogens is 2. The number of ether oxygens (including phenoxy) is 1. The Kier molecular flexibility index (Phi) is 5.33. The van der Waals surface area contributed by atoms with Gasteiger partial charge in [0.1, 0.15) is 0 Å². The van der Waals surface area contributed by atoms with Gasteiger partial charge in [-0.05, 0) is 56.9 Å². The number of aromatic amines is 1. The van der Waals surface area contributed by atoms with Gasteiger partial charge in [-0.2, -0.15) is 5.10 Å². The molecule has 1 aliphatic carbocycles. The zero-order valence-electron chi connectivity index (χ0n) is 15.6. The van der Waals surface area contributed by atoms with Gasteiger partial charge in [0.25, 0.3) is 0 Å². The molecule has 0 radical (unpaired) electrons. The van der Waals surface area contributed by atoms with E-state index < -0.39 is 0 Å². The Balaban J connectivity index is 1.53. The van der Waals surface area contributed by atoms with Crippen LogP contribution in [-0.2, 0) is 17.7 Å². The predicted octanol–water partition coefficient (Wildman–Crippen LogP) is 2.72. The minimum Gasteiger partial charge on any atom is -0.374 e. The molecular weight excluding hydrogens is 300 g/mol. The van der Waals surface area contributed by atoms with Gasteiger partial charge in [-0.1, -0.05) is 13.8 Å². The third kappa shape index (κ3) is 4.19. The number of hydrogen-bond acceptors (Lipinski definition) is 4. The maximum Gasteiger partial charge on any atom is 0.0689 e. The van der Waals surface area contributed by atoms with E-state index in [1.54, 1.807) is 0 Å². The first-order valence-electron chi connectivity index (χ1n) is 9.45. The lowest BCUT2D eigenvalue weighted by molar-refractivity contribution is -0.0357. The number of hydrogen-bond donors (Lipinski definition) is 2. The molecule has 3 N–H and O–H groups in total. The van der Waals surface area contributed by atoms with Crippen molar-refractivity contribution >= 4 is 0 Å². The third-order valence-corrected chi connectivity index (χ3v) is 5.84. The van der Waals surface area contributed by atoms with E-state index in [2.05, 4.69) is 36.0 Å². The van der Waals surface area contributed by atoms with Crippen LogP contribution in [0, 0.1) is 11.3 Å². The van der Waals surface area contributed by atoms with Crippen molar-refractivity contribution in [3.05, 3.63) is 17.5 Å². The Morgan fingerprint density at radius 1 is 1.38 bits per heavy atom. The molecule has 2 fully saturated rings. The smallest absolute Gasteiger partial charge is 0.0689 e. The quantitative estimate of drug-likeness (QED) is 0.839. The summed E-state index contributed by atoms with van der Waals surface area (Å²) in [6, 6.07) is 0. The molecule has 1 aliphatic heterocycles. The fourth-order valence-electron chi connectivity index (χ4n) is 4.58. The summed E-state index contributed by atoms with van der Waals surface area (Å²) >= 11 is 0. The molecule has 0 unspecified atom stereocenters. The Hall–Kier alpha value is -0.910. The van der Waals surface area contributed by atoms with Crippen molar-refractivity contribution in [1.29, 1.82) is 0 Å². The Morgan fingerprint density at radius 2 is 2.12 bits per heavy atom. The fraction of sp³-hybridized carbons (Fsp3) is 0.842. The molecule has 0 bridgehead atoms. The second-order valence-electron chi connectivity index (χ2n) is 8.86. The normalized spacial score (nSPS) is 29.6. The maximum absolute atomic E-state index is 6.24. The summed E-state index contributed by atoms with van der Waals surface area (Å²) in [5.74, 6) is 0.752. The first-order chi connectivity index (χ1) is 11.4. The highest BCUT2D eigenvalue weighted by Crippen LogP contribution is 2.48. The lowest BCUT2D eigenvalue weighted by Crippen LogP contribution is -2.34. The summed E-state index contributed by atoms with van der Waals surface area (Å²) in [6.45, 7) is 8.15. The Bertz CT molecular complexity index is 531. The molecule has 1 saturated carbocycles. The molecule has 1 spiro atoms. The molecule has 1 aromatic heterocycles. The summed E-state index contributed by atoms with van der Waals surface area (Å²) in [7, 11) is 2.12. The standard InChI is InChI=1S/C19H34N4O/c1-18(2)13-19(24-14-18)6-4-15(5-7-19)10-17-16(11-21-22-17)12-23(3)9-8-20/h11,15H,4-10,12-14,20H2,1-3H3,(H,21,22). The molecule has 0 amide bonds. The molecule has 0 aromatic carbocycles. The molecule has 2 aliphatic rings. The van der Waals surface area contributed by atoms with E-state index >= 15 is 0 Å². The zero-order chi connectivity index (χ0) is 17.2. The van der Waals surface area contributed by atoms with E-state index in [4.69, 9.17) is 10.5 Å². The van der Waals surface area contributed by atoms with E-state index in [0.717, 1.165) is 32.0 Å². The summed E-state index contributed by atoms with van der Waals surface area (Å²) in [5, 5.41) is 7.52. The molecule has 2 heterocycles. The van der Waals surface area contributed by atoms with Crippen molar-refractivity contribution in [2.24, 2.45) is 17.1 Å². The van der Waals surface area contributed by atoms with E-state index in [-0.39, 0.29) is 5.60 Å². The van der Waals surface area contributed by atoms with Crippen molar-refractivity contribution in [3.8, 4) is 0 Å². The van der Waals surface area contributed by atoms with Crippen LogP contribution in [0.1, 0.15) is 57.2 Å². The Morgan fingerprint density at radius 3 is 2.75 bits per heavy atom. The lowest BCUT2D eigenvalue weighted by Gasteiger charge is -2.37. The largest absolute Gasteiger partial charge is 0.374 e. The van der Waals surface area contributed by atoms with Crippen LogP contribution in [0.2, 0.25) is 0 Å². The maximum atomic E-state index is 6.24. The summed E-state index contributed by atoms with van der Waals surface area (Å²) in [5.41, 5.74) is 8.82. The van der Waals surface area contributed by atoms with Crippen LogP contribution in [-0.4, -0.2) is 47.4 Å². The second-order valence-corrected chi connectivity index (χ2v) is 8.86. The molecule has 1 aromatic rings. The van der Waals surface area contributed by atoms with Gasteiger partial charge in [-0.15, -0.1) is 0 Å². The van der Waals surface area contributed by atoms with Gasteiger partial charge < -0.3 is 15.4 Å². The highest BCUT2D eigenvalue weighted by molar-refractivity contribution is 5.17. The molecule has 1 saturated heterocycles. The van der Waals surface area contributed by atoms with Gasteiger partial charge in [-0.3, -0.25) is 5.10 Å². The van der Waals surface area contributed by atoms with E-state index in [1.807, 2.05) is 6.20 Å². The summed E-state index contributed by atoms with van der Waals surface area (Å²) in [4.78, 5) is 2.26. The van der Waals surface area contributed by atoms with Gasteiger partial charge >= 0.3 is 0 Å². The number of nitrogens with zero attached hydrogens (tertiary/aromatic N) is 2. The van der Waals surface area contributed by atoms with Crippen molar-refractivity contribution in [3.63, 3.8) is 0 Å². The zero-order valence-corrected chi connectivity index (χ0v) is 15.6. The number of likely N-dealkylation sites (N-methyl/N-ethyl adjacent to an activating group) is 1. The van der Waals surface area contributed by atoms with Crippen LogP contribution in [0.4, 0.5) is 0 Å². The average Bonchev–Trinajstić information content (AvgIpc) is 3.07.